The number of carbonyl (C=O) groups is 2. The number of furan rings is 1. The largest absolute Gasteiger partial charge is 0.454 e. The summed E-state index contributed by atoms with van der Waals surface area (Å²) in [4.78, 5) is 25.0. The minimum atomic E-state index is -0.610. The lowest BCUT2D eigenvalue weighted by molar-refractivity contribution is 0.0972. The van der Waals surface area contributed by atoms with Gasteiger partial charge >= 0.3 is 6.03 Å². The number of carbonyl (C=O) groups excluding carboxylic acids is 2. The lowest BCUT2D eigenvalue weighted by Gasteiger charge is -2.34. The van der Waals surface area contributed by atoms with E-state index in [2.05, 4.69) is 5.32 Å². The molecule has 21 heavy (non-hydrogen) atoms. The molecule has 0 radical (unpaired) electrons. The third kappa shape index (κ3) is 4.00. The molecule has 1 aromatic rings. The van der Waals surface area contributed by atoms with Crippen LogP contribution in [0.1, 0.15) is 49.4 Å². The number of nitrogens with one attached hydrogen (secondary N) is 1. The van der Waals surface area contributed by atoms with Gasteiger partial charge in [0.25, 0.3) is 5.91 Å². The van der Waals surface area contributed by atoms with Crippen LogP contribution in [-0.4, -0.2) is 29.4 Å². The molecule has 1 saturated carbocycles. The summed E-state index contributed by atoms with van der Waals surface area (Å²) >= 11 is 0. The molecule has 0 saturated heterocycles. The normalized spacial score (nSPS) is 14.8. The highest BCUT2D eigenvalue weighted by Gasteiger charge is 2.25. The summed E-state index contributed by atoms with van der Waals surface area (Å²) in [6, 6.07) is 3.21. The van der Waals surface area contributed by atoms with Gasteiger partial charge in [0.05, 0.1) is 6.54 Å². The van der Waals surface area contributed by atoms with Crippen molar-refractivity contribution in [1.29, 1.82) is 0 Å². The van der Waals surface area contributed by atoms with E-state index in [1.54, 1.807) is 6.07 Å². The van der Waals surface area contributed by atoms with Crippen molar-refractivity contribution in [2.24, 2.45) is 11.7 Å². The summed E-state index contributed by atoms with van der Waals surface area (Å²) in [5.74, 6) is 0.642. The molecule has 0 atom stereocenters. The molecule has 6 heteroatoms. The maximum Gasteiger partial charge on any atom is 0.318 e. The highest BCUT2D eigenvalue weighted by molar-refractivity contribution is 5.89. The Morgan fingerprint density at radius 1 is 1.43 bits per heavy atom. The van der Waals surface area contributed by atoms with Gasteiger partial charge in [-0.1, -0.05) is 6.42 Å². The van der Waals surface area contributed by atoms with Crippen LogP contribution in [0.25, 0.3) is 0 Å². The summed E-state index contributed by atoms with van der Waals surface area (Å²) in [5.41, 5.74) is 5.12. The van der Waals surface area contributed by atoms with Crippen LogP contribution < -0.4 is 11.1 Å². The summed E-state index contributed by atoms with van der Waals surface area (Å²) in [7, 11) is 0. The van der Waals surface area contributed by atoms with Crippen LogP contribution in [0.3, 0.4) is 0 Å². The van der Waals surface area contributed by atoms with Gasteiger partial charge < -0.3 is 20.4 Å². The zero-order chi connectivity index (χ0) is 15.4. The van der Waals surface area contributed by atoms with Crippen molar-refractivity contribution >= 4 is 11.9 Å². The molecule has 1 heterocycles. The first-order valence-electron chi connectivity index (χ1n) is 7.40. The zero-order valence-electron chi connectivity index (χ0n) is 12.6. The van der Waals surface area contributed by atoms with Crippen molar-refractivity contribution in [1.82, 2.24) is 10.2 Å². The van der Waals surface area contributed by atoms with Gasteiger partial charge in [-0.15, -0.1) is 0 Å². The van der Waals surface area contributed by atoms with Gasteiger partial charge in [0, 0.05) is 12.6 Å². The van der Waals surface area contributed by atoms with Gasteiger partial charge in [-0.25, -0.2) is 4.79 Å². The van der Waals surface area contributed by atoms with Gasteiger partial charge in [-0.3, -0.25) is 4.79 Å². The van der Waals surface area contributed by atoms with Crippen molar-refractivity contribution in [3.8, 4) is 0 Å². The molecule has 6 nitrogen and oxygen atoms in total. The molecule has 0 aliphatic heterocycles. The number of urea groups is 1. The Hall–Kier alpha value is -1.98. The van der Waals surface area contributed by atoms with Crippen LogP contribution in [0.4, 0.5) is 4.79 Å². The highest BCUT2D eigenvalue weighted by Crippen LogP contribution is 2.27. The van der Waals surface area contributed by atoms with Crippen molar-refractivity contribution in [2.45, 2.75) is 45.7 Å². The summed E-state index contributed by atoms with van der Waals surface area (Å²) in [6.07, 6.45) is 3.67. The zero-order valence-corrected chi connectivity index (χ0v) is 12.6. The average Bonchev–Trinajstić information content (AvgIpc) is 2.83. The van der Waals surface area contributed by atoms with E-state index in [1.807, 2.05) is 18.7 Å². The Kier molecular flexibility index (Phi) is 4.88. The van der Waals surface area contributed by atoms with Crippen molar-refractivity contribution in [2.75, 3.05) is 6.54 Å². The van der Waals surface area contributed by atoms with Crippen LogP contribution in [0.15, 0.2) is 16.5 Å². The van der Waals surface area contributed by atoms with Crippen molar-refractivity contribution in [3.05, 3.63) is 23.7 Å². The van der Waals surface area contributed by atoms with Crippen LogP contribution in [0.5, 0.6) is 0 Å². The number of nitrogens with zero attached hydrogens (tertiary/aromatic N) is 1. The van der Waals surface area contributed by atoms with Gasteiger partial charge in [-0.05, 0) is 44.7 Å². The Bertz CT molecular complexity index is 506. The number of rotatable bonds is 6. The van der Waals surface area contributed by atoms with Crippen molar-refractivity contribution < 1.29 is 14.0 Å². The van der Waals surface area contributed by atoms with E-state index in [-0.39, 0.29) is 24.4 Å². The number of amides is 3. The molecule has 3 N–H and O–H groups in total. The predicted molar refractivity (Wildman–Crippen MR) is 78.6 cm³/mol. The molecular weight excluding hydrogens is 270 g/mol. The molecule has 1 aromatic heterocycles. The lowest BCUT2D eigenvalue weighted by atomic mass is 9.85. The van der Waals surface area contributed by atoms with E-state index in [1.165, 1.54) is 25.3 Å². The predicted octanol–water partition coefficient (Wildman–Crippen LogP) is 2.10. The van der Waals surface area contributed by atoms with Gasteiger partial charge in [0.2, 0.25) is 0 Å². The number of hydrogen-bond donors (Lipinski definition) is 2. The van der Waals surface area contributed by atoms with E-state index in [4.69, 9.17) is 10.2 Å². The fourth-order valence-electron chi connectivity index (χ4n) is 2.35. The Morgan fingerprint density at radius 2 is 2.14 bits per heavy atom. The summed E-state index contributed by atoms with van der Waals surface area (Å²) in [6.45, 7) is 5.07. The summed E-state index contributed by atoms with van der Waals surface area (Å²) in [5, 5.41) is 2.83. The molecule has 1 fully saturated rings. The fraction of sp³-hybridized carbons (Fsp3) is 0.600. The molecular formula is C15H23N3O3. The van der Waals surface area contributed by atoms with Gasteiger partial charge in [0.1, 0.15) is 5.76 Å². The molecule has 0 aromatic carbocycles. The highest BCUT2D eigenvalue weighted by atomic mass is 16.4. The van der Waals surface area contributed by atoms with Crippen LogP contribution >= 0.6 is 0 Å². The standard InChI is InChI=1S/C15H23N3O3/c1-10(2)18(9-11-4-3-5-11)15(20)17-8-12-6-7-13(21-12)14(16)19/h6-7,10-11H,3-5,8-9H2,1-2H3,(H2,16,19)(H,17,20). The van der Waals surface area contributed by atoms with Gasteiger partial charge in [-0.2, -0.15) is 0 Å². The minimum absolute atomic E-state index is 0.103. The molecule has 1 aliphatic carbocycles. The second-order valence-corrected chi connectivity index (χ2v) is 5.83. The molecule has 2 rings (SSSR count). The topological polar surface area (TPSA) is 88.6 Å². The molecule has 116 valence electrons. The third-order valence-electron chi connectivity index (χ3n) is 3.88. The molecule has 1 aliphatic rings. The third-order valence-corrected chi connectivity index (χ3v) is 3.88. The first-order valence-corrected chi connectivity index (χ1v) is 7.40. The van der Waals surface area contributed by atoms with Crippen LogP contribution in [0.2, 0.25) is 0 Å². The smallest absolute Gasteiger partial charge is 0.318 e. The Balaban J connectivity index is 1.86. The van der Waals surface area contributed by atoms with E-state index >= 15 is 0 Å². The second kappa shape index (κ2) is 6.65. The first kappa shape index (κ1) is 15.4. The lowest BCUT2D eigenvalue weighted by Crippen LogP contribution is -2.46. The number of hydrogen-bond acceptors (Lipinski definition) is 3. The first-order chi connectivity index (χ1) is 9.97. The fourth-order valence-corrected chi connectivity index (χ4v) is 2.35. The Morgan fingerprint density at radius 3 is 2.62 bits per heavy atom. The van der Waals surface area contributed by atoms with Crippen molar-refractivity contribution in [3.63, 3.8) is 0 Å². The second-order valence-electron chi connectivity index (χ2n) is 5.83. The van der Waals surface area contributed by atoms with Crippen LogP contribution in [-0.2, 0) is 6.54 Å². The van der Waals surface area contributed by atoms with Crippen LogP contribution in [0, 0.1) is 5.92 Å². The maximum atomic E-state index is 12.3. The summed E-state index contributed by atoms with van der Waals surface area (Å²) < 4.78 is 5.24. The number of primary amides is 1. The van der Waals surface area contributed by atoms with E-state index < -0.39 is 5.91 Å². The monoisotopic (exact) mass is 293 g/mol. The van der Waals surface area contributed by atoms with E-state index in [9.17, 15) is 9.59 Å². The average molecular weight is 293 g/mol. The van der Waals surface area contributed by atoms with Gasteiger partial charge in [0.15, 0.2) is 5.76 Å². The van der Waals surface area contributed by atoms with E-state index in [0.717, 1.165) is 6.54 Å². The maximum absolute atomic E-state index is 12.3. The molecule has 0 bridgehead atoms. The molecule has 3 amide bonds. The SMILES string of the molecule is CC(C)N(CC1CCC1)C(=O)NCc1ccc(C(N)=O)o1. The molecule has 0 unspecified atom stereocenters. The Labute approximate surface area is 124 Å². The molecule has 0 spiro atoms. The van der Waals surface area contributed by atoms with E-state index in [0.29, 0.717) is 11.7 Å². The quantitative estimate of drug-likeness (QED) is 0.841. The number of nitrogens with two attached hydrogens (primary N) is 1. The minimum Gasteiger partial charge on any atom is -0.454 e.